The van der Waals surface area contributed by atoms with Gasteiger partial charge in [0.2, 0.25) is 0 Å². The van der Waals surface area contributed by atoms with Gasteiger partial charge in [-0.3, -0.25) is 9.59 Å². The van der Waals surface area contributed by atoms with Crippen LogP contribution in [0.5, 0.6) is 0 Å². The zero-order valence-corrected chi connectivity index (χ0v) is 15.4. The molecule has 0 atom stereocenters. The van der Waals surface area contributed by atoms with Crippen molar-refractivity contribution in [2.24, 2.45) is 0 Å². The van der Waals surface area contributed by atoms with Gasteiger partial charge in [-0.15, -0.1) is 0 Å². The van der Waals surface area contributed by atoms with Gasteiger partial charge in [0, 0.05) is 17.1 Å². The van der Waals surface area contributed by atoms with Gasteiger partial charge in [0.1, 0.15) is 11.4 Å². The third kappa shape index (κ3) is 6.19. The summed E-state index contributed by atoms with van der Waals surface area (Å²) in [6.07, 6.45) is 0.688. The molecule has 0 saturated heterocycles. The van der Waals surface area contributed by atoms with Gasteiger partial charge in [-0.25, -0.2) is 4.98 Å². The smallest absolute Gasteiger partial charge is 0.270 e. The number of pyridine rings is 1. The first-order valence-corrected chi connectivity index (χ1v) is 8.44. The van der Waals surface area contributed by atoms with E-state index in [0.29, 0.717) is 18.0 Å². The molecule has 0 unspecified atom stereocenters. The average Bonchev–Trinajstić information content (AvgIpc) is 2.55. The summed E-state index contributed by atoms with van der Waals surface area (Å²) in [6, 6.07) is 12.3. The van der Waals surface area contributed by atoms with Gasteiger partial charge in [-0.05, 0) is 57.0 Å². The molecule has 2 aromatic rings. The molecule has 0 saturated carbocycles. The van der Waals surface area contributed by atoms with Crippen LogP contribution in [0, 0.1) is 0 Å². The lowest BCUT2D eigenvalue weighted by Gasteiger charge is -2.20. The highest BCUT2D eigenvalue weighted by Gasteiger charge is 2.17. The van der Waals surface area contributed by atoms with Gasteiger partial charge < -0.3 is 10.6 Å². The first-order chi connectivity index (χ1) is 11.7. The molecule has 2 N–H and O–H groups in total. The minimum absolute atomic E-state index is 0.220. The van der Waals surface area contributed by atoms with E-state index in [-0.39, 0.29) is 28.7 Å². The van der Waals surface area contributed by atoms with Crippen LogP contribution in [-0.2, 0) is 6.42 Å². The van der Waals surface area contributed by atoms with Crippen LogP contribution in [0.3, 0.4) is 0 Å². The molecule has 2 rings (SSSR count). The molecule has 2 amide bonds. The maximum atomic E-state index is 12.2. The molecule has 0 fully saturated rings. The molecule has 1 heterocycles. The van der Waals surface area contributed by atoms with Crippen molar-refractivity contribution in [2.75, 3.05) is 6.54 Å². The third-order valence-electron chi connectivity index (χ3n) is 3.32. The number of amides is 2. The fraction of sp³-hybridized carbons (Fsp3) is 0.316. The van der Waals surface area contributed by atoms with Crippen molar-refractivity contribution in [3.63, 3.8) is 0 Å². The topological polar surface area (TPSA) is 71.1 Å². The third-order valence-corrected chi connectivity index (χ3v) is 3.57. The zero-order valence-electron chi connectivity index (χ0n) is 14.6. The Bertz CT molecular complexity index is 752. The molecule has 132 valence electrons. The van der Waals surface area contributed by atoms with Crippen molar-refractivity contribution < 1.29 is 9.59 Å². The number of hydrogen-bond acceptors (Lipinski definition) is 3. The minimum atomic E-state index is -0.365. The molecule has 1 aromatic heterocycles. The van der Waals surface area contributed by atoms with Gasteiger partial charge >= 0.3 is 0 Å². The van der Waals surface area contributed by atoms with Crippen LogP contribution in [-0.4, -0.2) is 28.9 Å². The standard InChI is InChI=1S/C19H22ClN3O2/c1-19(2,3)23-18(25)16-6-4-5-15(22-16)17(24)21-12-11-13-7-9-14(20)10-8-13/h4-10H,11-12H2,1-3H3,(H,21,24)(H,23,25). The summed E-state index contributed by atoms with van der Waals surface area (Å²) in [7, 11) is 0. The number of aromatic nitrogens is 1. The number of carbonyl (C=O) groups excluding carboxylic acids is 2. The number of carbonyl (C=O) groups is 2. The Labute approximate surface area is 152 Å². The number of nitrogens with one attached hydrogen (secondary N) is 2. The summed E-state index contributed by atoms with van der Waals surface area (Å²) >= 11 is 5.85. The van der Waals surface area contributed by atoms with Crippen LogP contribution in [0.1, 0.15) is 47.3 Å². The fourth-order valence-corrected chi connectivity index (χ4v) is 2.28. The molecule has 6 heteroatoms. The molecule has 5 nitrogen and oxygen atoms in total. The first-order valence-electron chi connectivity index (χ1n) is 8.07. The van der Waals surface area contributed by atoms with Crippen LogP contribution < -0.4 is 10.6 Å². The van der Waals surface area contributed by atoms with Crippen LogP contribution >= 0.6 is 11.6 Å². The van der Waals surface area contributed by atoms with E-state index in [4.69, 9.17) is 11.6 Å². The lowest BCUT2D eigenvalue weighted by molar-refractivity contribution is 0.0914. The lowest BCUT2D eigenvalue weighted by atomic mass is 10.1. The SMILES string of the molecule is CC(C)(C)NC(=O)c1cccc(C(=O)NCCc2ccc(Cl)cc2)n1. The quantitative estimate of drug-likeness (QED) is 0.860. The van der Waals surface area contributed by atoms with Crippen molar-refractivity contribution in [3.05, 3.63) is 64.4 Å². The molecular weight excluding hydrogens is 338 g/mol. The van der Waals surface area contributed by atoms with Crippen molar-refractivity contribution in [1.82, 2.24) is 15.6 Å². The van der Waals surface area contributed by atoms with E-state index in [1.54, 1.807) is 18.2 Å². The summed E-state index contributed by atoms with van der Waals surface area (Å²) in [5.41, 5.74) is 1.16. The molecule has 0 aliphatic carbocycles. The molecule has 0 bridgehead atoms. The average molecular weight is 360 g/mol. The molecular formula is C19H22ClN3O2. The number of hydrogen-bond donors (Lipinski definition) is 2. The monoisotopic (exact) mass is 359 g/mol. The second kappa shape index (κ2) is 8.12. The summed E-state index contributed by atoms with van der Waals surface area (Å²) < 4.78 is 0. The molecule has 0 radical (unpaired) electrons. The Morgan fingerprint density at radius 2 is 1.60 bits per heavy atom. The van der Waals surface area contributed by atoms with E-state index >= 15 is 0 Å². The minimum Gasteiger partial charge on any atom is -0.350 e. The van der Waals surface area contributed by atoms with Crippen molar-refractivity contribution in [2.45, 2.75) is 32.7 Å². The van der Waals surface area contributed by atoms with E-state index in [0.717, 1.165) is 5.56 Å². The second-order valence-electron chi connectivity index (χ2n) is 6.74. The van der Waals surface area contributed by atoms with Crippen LogP contribution in [0.4, 0.5) is 0 Å². The van der Waals surface area contributed by atoms with E-state index < -0.39 is 0 Å². The molecule has 0 aliphatic heterocycles. The highest BCUT2D eigenvalue weighted by molar-refractivity contribution is 6.30. The van der Waals surface area contributed by atoms with E-state index in [1.807, 2.05) is 45.0 Å². The van der Waals surface area contributed by atoms with Crippen molar-refractivity contribution >= 4 is 23.4 Å². The maximum Gasteiger partial charge on any atom is 0.270 e. The van der Waals surface area contributed by atoms with Crippen LogP contribution in [0.15, 0.2) is 42.5 Å². The summed E-state index contributed by atoms with van der Waals surface area (Å²) in [4.78, 5) is 28.5. The second-order valence-corrected chi connectivity index (χ2v) is 7.18. The Kier molecular flexibility index (Phi) is 6.15. The zero-order chi connectivity index (χ0) is 18.4. The number of nitrogens with zero attached hydrogens (tertiary/aromatic N) is 1. The predicted octanol–water partition coefficient (Wildman–Crippen LogP) is 3.24. The highest BCUT2D eigenvalue weighted by atomic mass is 35.5. The normalized spacial score (nSPS) is 11.0. The lowest BCUT2D eigenvalue weighted by Crippen LogP contribution is -2.41. The Balaban J connectivity index is 1.94. The van der Waals surface area contributed by atoms with Crippen LogP contribution in [0.2, 0.25) is 5.02 Å². The maximum absolute atomic E-state index is 12.2. The molecule has 0 aliphatic rings. The van der Waals surface area contributed by atoms with Crippen molar-refractivity contribution in [1.29, 1.82) is 0 Å². The number of rotatable bonds is 5. The molecule has 25 heavy (non-hydrogen) atoms. The summed E-state index contributed by atoms with van der Waals surface area (Å²) in [5.74, 6) is -0.609. The molecule has 0 spiro atoms. The molecule has 1 aromatic carbocycles. The Morgan fingerprint density at radius 3 is 2.20 bits per heavy atom. The Hall–Kier alpha value is -2.40. The van der Waals surface area contributed by atoms with Gasteiger partial charge in [-0.2, -0.15) is 0 Å². The fourth-order valence-electron chi connectivity index (χ4n) is 2.15. The van der Waals surface area contributed by atoms with E-state index in [1.165, 1.54) is 0 Å². The first kappa shape index (κ1) is 18.9. The van der Waals surface area contributed by atoms with Gasteiger partial charge in [0.25, 0.3) is 11.8 Å². The van der Waals surface area contributed by atoms with E-state index in [9.17, 15) is 9.59 Å². The summed E-state index contributed by atoms with van der Waals surface area (Å²) in [5, 5.41) is 6.32. The van der Waals surface area contributed by atoms with Crippen molar-refractivity contribution in [3.8, 4) is 0 Å². The van der Waals surface area contributed by atoms with Gasteiger partial charge in [-0.1, -0.05) is 29.8 Å². The number of halogens is 1. The Morgan fingerprint density at radius 1 is 1.00 bits per heavy atom. The number of benzene rings is 1. The van der Waals surface area contributed by atoms with E-state index in [2.05, 4.69) is 15.6 Å². The summed E-state index contributed by atoms with van der Waals surface area (Å²) in [6.45, 7) is 6.13. The van der Waals surface area contributed by atoms with Crippen LogP contribution in [0.25, 0.3) is 0 Å². The highest BCUT2D eigenvalue weighted by Crippen LogP contribution is 2.09. The predicted molar refractivity (Wildman–Crippen MR) is 98.9 cm³/mol. The largest absolute Gasteiger partial charge is 0.350 e. The van der Waals surface area contributed by atoms with Gasteiger partial charge in [0.05, 0.1) is 0 Å². The van der Waals surface area contributed by atoms with Gasteiger partial charge in [0.15, 0.2) is 0 Å².